The second-order valence-electron chi connectivity index (χ2n) is 6.52. The summed E-state index contributed by atoms with van der Waals surface area (Å²) in [6, 6.07) is 20.6. The van der Waals surface area contributed by atoms with Gasteiger partial charge in [0.2, 0.25) is 0 Å². The number of amides is 2. The van der Waals surface area contributed by atoms with Gasteiger partial charge in [0.15, 0.2) is 0 Å². The summed E-state index contributed by atoms with van der Waals surface area (Å²) in [5.41, 5.74) is 4.16. The number of nitrogens with zero attached hydrogens (tertiary/aromatic N) is 1. The highest BCUT2D eigenvalue weighted by Gasteiger charge is 2.34. The first-order valence-electron chi connectivity index (χ1n) is 9.26. The lowest BCUT2D eigenvalue weighted by Gasteiger charge is -2.14. The highest BCUT2D eigenvalue weighted by molar-refractivity contribution is 6.32. The van der Waals surface area contributed by atoms with Crippen molar-refractivity contribution in [1.82, 2.24) is 5.43 Å². The van der Waals surface area contributed by atoms with E-state index in [4.69, 9.17) is 4.74 Å². The third kappa shape index (κ3) is 3.22. The summed E-state index contributed by atoms with van der Waals surface area (Å²) < 4.78 is 5.84. The summed E-state index contributed by atoms with van der Waals surface area (Å²) in [5, 5.41) is 3.16. The molecule has 1 saturated heterocycles. The number of rotatable bonds is 5. The van der Waals surface area contributed by atoms with Crippen molar-refractivity contribution in [3.05, 3.63) is 77.9 Å². The first kappa shape index (κ1) is 17.8. The Kier molecular flexibility index (Phi) is 4.81. The van der Waals surface area contributed by atoms with Gasteiger partial charge in [-0.15, -0.1) is 0 Å². The smallest absolute Gasteiger partial charge is 0.282 e. The van der Waals surface area contributed by atoms with Gasteiger partial charge in [0.25, 0.3) is 11.8 Å². The van der Waals surface area contributed by atoms with Gasteiger partial charge in [-0.2, -0.15) is 0 Å². The average Bonchev–Trinajstić information content (AvgIpc) is 3.02. The Balaban J connectivity index is 1.74. The van der Waals surface area contributed by atoms with E-state index >= 15 is 0 Å². The number of hydrogen-bond donors (Lipinski definition) is 1. The molecule has 0 bridgehead atoms. The van der Waals surface area contributed by atoms with E-state index in [1.165, 1.54) is 5.01 Å². The van der Waals surface area contributed by atoms with Gasteiger partial charge in [0.05, 0.1) is 12.3 Å². The Labute approximate surface area is 163 Å². The van der Waals surface area contributed by atoms with Gasteiger partial charge >= 0.3 is 0 Å². The Bertz CT molecular complexity index is 1070. The van der Waals surface area contributed by atoms with Gasteiger partial charge in [0, 0.05) is 5.39 Å². The lowest BCUT2D eigenvalue weighted by Crippen LogP contribution is -2.35. The quantitative estimate of drug-likeness (QED) is 0.542. The van der Waals surface area contributed by atoms with Crippen molar-refractivity contribution in [2.24, 2.45) is 0 Å². The number of hydrazine groups is 1. The van der Waals surface area contributed by atoms with E-state index < -0.39 is 5.91 Å². The molecule has 0 aliphatic carbocycles. The van der Waals surface area contributed by atoms with Crippen molar-refractivity contribution >= 4 is 34.4 Å². The van der Waals surface area contributed by atoms with Crippen molar-refractivity contribution in [2.75, 3.05) is 11.6 Å². The standard InChI is InChI=1S/C23H20N2O3/c1-2-14-28-21-13-12-16(18-10-6-7-11-19(18)21)15-20-22(26)24-25(23(20)27)17-8-4-3-5-9-17/h3-13,15H,2,14H2,1H3,(H,24,26)/b20-15-. The predicted octanol–water partition coefficient (Wildman–Crippen LogP) is 4.09. The van der Waals surface area contributed by atoms with Crippen LogP contribution in [0.15, 0.2) is 72.3 Å². The maximum Gasteiger partial charge on any atom is 0.282 e. The number of fused-ring (bicyclic) bond motifs is 1. The van der Waals surface area contributed by atoms with E-state index in [0.717, 1.165) is 28.5 Å². The lowest BCUT2D eigenvalue weighted by atomic mass is 10.0. The van der Waals surface area contributed by atoms with Crippen LogP contribution in [0.5, 0.6) is 5.75 Å². The molecule has 0 spiro atoms. The minimum absolute atomic E-state index is 0.108. The minimum Gasteiger partial charge on any atom is -0.493 e. The molecule has 5 nitrogen and oxygen atoms in total. The topological polar surface area (TPSA) is 58.6 Å². The molecule has 0 aromatic heterocycles. The van der Waals surface area contributed by atoms with E-state index in [2.05, 4.69) is 12.3 Å². The molecule has 0 saturated carbocycles. The maximum atomic E-state index is 12.8. The van der Waals surface area contributed by atoms with Crippen LogP contribution in [0.3, 0.4) is 0 Å². The van der Waals surface area contributed by atoms with Crippen LogP contribution in [0.4, 0.5) is 5.69 Å². The largest absolute Gasteiger partial charge is 0.493 e. The average molecular weight is 372 g/mol. The summed E-state index contributed by atoms with van der Waals surface area (Å²) in [6.07, 6.45) is 2.57. The summed E-state index contributed by atoms with van der Waals surface area (Å²) in [4.78, 5) is 25.3. The molecule has 3 aromatic carbocycles. The predicted molar refractivity (Wildman–Crippen MR) is 110 cm³/mol. The van der Waals surface area contributed by atoms with Crippen molar-refractivity contribution in [1.29, 1.82) is 0 Å². The van der Waals surface area contributed by atoms with Gasteiger partial charge in [-0.3, -0.25) is 15.0 Å². The van der Waals surface area contributed by atoms with E-state index in [9.17, 15) is 9.59 Å². The Morgan fingerprint density at radius 1 is 0.929 bits per heavy atom. The van der Waals surface area contributed by atoms with Crippen LogP contribution in [0.1, 0.15) is 18.9 Å². The van der Waals surface area contributed by atoms with E-state index in [1.807, 2.05) is 54.6 Å². The van der Waals surface area contributed by atoms with Crippen LogP contribution in [0.25, 0.3) is 16.8 Å². The Morgan fingerprint density at radius 3 is 2.39 bits per heavy atom. The number of carbonyl (C=O) groups is 2. The fourth-order valence-electron chi connectivity index (χ4n) is 3.23. The Hall–Kier alpha value is -3.60. The first-order valence-corrected chi connectivity index (χ1v) is 9.26. The molecule has 0 unspecified atom stereocenters. The number of benzene rings is 3. The summed E-state index contributed by atoms with van der Waals surface area (Å²) in [5.74, 6) is 0.0172. The van der Waals surface area contributed by atoms with E-state index in [1.54, 1.807) is 18.2 Å². The molecular weight excluding hydrogens is 352 g/mol. The fourth-order valence-corrected chi connectivity index (χ4v) is 3.23. The summed E-state index contributed by atoms with van der Waals surface area (Å²) in [6.45, 7) is 2.70. The molecule has 2 amide bonds. The summed E-state index contributed by atoms with van der Waals surface area (Å²) in [7, 11) is 0. The van der Waals surface area contributed by atoms with Crippen LogP contribution >= 0.6 is 0 Å². The maximum absolute atomic E-state index is 12.8. The zero-order valence-electron chi connectivity index (χ0n) is 15.5. The number of hydrogen-bond acceptors (Lipinski definition) is 3. The van der Waals surface area contributed by atoms with Crippen LogP contribution in [0, 0.1) is 0 Å². The van der Waals surface area contributed by atoms with Gasteiger partial charge < -0.3 is 4.74 Å². The zero-order chi connectivity index (χ0) is 19.5. The highest BCUT2D eigenvalue weighted by Crippen LogP contribution is 2.31. The SMILES string of the molecule is CCCOc1ccc(/C=C2/C(=O)NN(c3ccccc3)C2=O)c2ccccc12. The molecule has 1 aliphatic rings. The lowest BCUT2D eigenvalue weighted by molar-refractivity contribution is -0.117. The van der Waals surface area contributed by atoms with Gasteiger partial charge in [-0.1, -0.05) is 55.5 Å². The number of carbonyl (C=O) groups excluding carboxylic acids is 2. The van der Waals surface area contributed by atoms with Crippen molar-refractivity contribution in [2.45, 2.75) is 13.3 Å². The molecule has 0 atom stereocenters. The number of anilines is 1. The Morgan fingerprint density at radius 2 is 1.64 bits per heavy atom. The van der Waals surface area contributed by atoms with E-state index in [0.29, 0.717) is 12.3 Å². The second-order valence-corrected chi connectivity index (χ2v) is 6.52. The van der Waals surface area contributed by atoms with Crippen molar-refractivity contribution in [3.8, 4) is 5.75 Å². The molecule has 1 fully saturated rings. The minimum atomic E-state index is -0.413. The van der Waals surface area contributed by atoms with Gasteiger partial charge in [0.1, 0.15) is 11.3 Å². The van der Waals surface area contributed by atoms with E-state index in [-0.39, 0.29) is 11.5 Å². The summed E-state index contributed by atoms with van der Waals surface area (Å²) >= 11 is 0. The molecular formula is C23H20N2O3. The molecule has 5 heteroatoms. The number of nitrogens with one attached hydrogen (secondary N) is 1. The molecule has 1 N–H and O–H groups in total. The molecule has 0 radical (unpaired) electrons. The normalized spacial score (nSPS) is 15.3. The van der Waals surface area contributed by atoms with Gasteiger partial charge in [-0.25, -0.2) is 5.01 Å². The first-order chi connectivity index (χ1) is 13.7. The van der Waals surface area contributed by atoms with Crippen LogP contribution in [-0.2, 0) is 9.59 Å². The van der Waals surface area contributed by atoms with Crippen molar-refractivity contribution in [3.63, 3.8) is 0 Å². The molecule has 28 heavy (non-hydrogen) atoms. The molecule has 1 aliphatic heterocycles. The fraction of sp³-hybridized carbons (Fsp3) is 0.130. The second kappa shape index (κ2) is 7.56. The highest BCUT2D eigenvalue weighted by atomic mass is 16.5. The number of para-hydroxylation sites is 1. The molecule has 4 rings (SSSR count). The van der Waals surface area contributed by atoms with Crippen LogP contribution in [0.2, 0.25) is 0 Å². The van der Waals surface area contributed by atoms with Gasteiger partial charge in [-0.05, 0) is 41.6 Å². The van der Waals surface area contributed by atoms with Crippen molar-refractivity contribution < 1.29 is 14.3 Å². The van der Waals surface area contributed by atoms with Crippen LogP contribution in [-0.4, -0.2) is 18.4 Å². The van der Waals surface area contributed by atoms with Crippen LogP contribution < -0.4 is 15.2 Å². The molecule has 3 aromatic rings. The monoisotopic (exact) mass is 372 g/mol. The zero-order valence-corrected chi connectivity index (χ0v) is 15.5. The third-order valence-corrected chi connectivity index (χ3v) is 4.59. The third-order valence-electron chi connectivity index (χ3n) is 4.59. The molecule has 140 valence electrons. The number of ether oxygens (including phenoxy) is 1. The molecule has 1 heterocycles.